The molecule has 0 unspecified atom stereocenters. The molecule has 0 radical (unpaired) electrons. The van der Waals surface area contributed by atoms with Gasteiger partial charge in [-0.15, -0.1) is 0 Å². The molecule has 0 bridgehead atoms. The number of rotatable bonds is 4. The third-order valence-corrected chi connectivity index (χ3v) is 4.10. The number of aromatic nitrogens is 3. The van der Waals surface area contributed by atoms with E-state index < -0.39 is 0 Å². The molecule has 5 heteroatoms. The minimum atomic E-state index is 0.143. The van der Waals surface area contributed by atoms with Gasteiger partial charge in [-0.25, -0.2) is 9.97 Å². The fraction of sp³-hybridized carbons (Fsp3) is 0.474. The summed E-state index contributed by atoms with van der Waals surface area (Å²) in [6, 6.07) is 6.35. The van der Waals surface area contributed by atoms with Crippen LogP contribution in [0.3, 0.4) is 0 Å². The summed E-state index contributed by atoms with van der Waals surface area (Å²) in [5, 5.41) is 4.50. The zero-order chi connectivity index (χ0) is 17.5. The van der Waals surface area contributed by atoms with Gasteiger partial charge in [0.05, 0.1) is 17.6 Å². The second-order valence-corrected chi connectivity index (χ2v) is 7.67. The highest BCUT2D eigenvalue weighted by molar-refractivity contribution is 6.06. The molecule has 3 rings (SSSR count). The summed E-state index contributed by atoms with van der Waals surface area (Å²) in [6.45, 7) is 13.4. The number of aryl methyl sites for hydroxylation is 1. The number of pyridine rings is 1. The summed E-state index contributed by atoms with van der Waals surface area (Å²) in [4.78, 5) is 9.40. The van der Waals surface area contributed by atoms with Crippen molar-refractivity contribution in [1.82, 2.24) is 19.9 Å². The molecule has 0 aliphatic rings. The quantitative estimate of drug-likeness (QED) is 0.768. The van der Waals surface area contributed by atoms with Crippen LogP contribution in [0, 0.1) is 12.3 Å². The topological polar surface area (TPSA) is 68.8 Å². The van der Waals surface area contributed by atoms with E-state index in [4.69, 9.17) is 10.7 Å². The van der Waals surface area contributed by atoms with Crippen LogP contribution in [0.5, 0.6) is 0 Å². The predicted octanol–water partition coefficient (Wildman–Crippen LogP) is 3.63. The van der Waals surface area contributed by atoms with Crippen molar-refractivity contribution in [2.75, 3.05) is 12.3 Å². The molecular formula is C19H27N5. The average Bonchev–Trinajstić information content (AvgIpc) is 2.82. The number of nitrogens with two attached hydrogens (primary N) is 1. The fourth-order valence-electron chi connectivity index (χ4n) is 3.08. The predicted molar refractivity (Wildman–Crippen MR) is 101 cm³/mol. The van der Waals surface area contributed by atoms with Gasteiger partial charge in [-0.2, -0.15) is 0 Å². The van der Waals surface area contributed by atoms with Crippen LogP contribution in [-0.2, 0) is 13.1 Å². The molecule has 1 aromatic carbocycles. The highest BCUT2D eigenvalue weighted by Gasteiger charge is 2.21. The number of hydrogen-bond acceptors (Lipinski definition) is 4. The van der Waals surface area contributed by atoms with E-state index in [0.717, 1.165) is 47.4 Å². The maximum atomic E-state index is 6.24. The number of imidazole rings is 1. The first-order valence-electron chi connectivity index (χ1n) is 8.56. The molecule has 3 aromatic rings. The van der Waals surface area contributed by atoms with Crippen LogP contribution in [-0.4, -0.2) is 21.1 Å². The first-order valence-corrected chi connectivity index (χ1v) is 8.56. The molecule has 0 spiro atoms. The molecule has 0 atom stereocenters. The Morgan fingerprint density at radius 1 is 1.21 bits per heavy atom. The van der Waals surface area contributed by atoms with Gasteiger partial charge < -0.3 is 15.6 Å². The van der Waals surface area contributed by atoms with Gasteiger partial charge in [0.25, 0.3) is 0 Å². The first-order chi connectivity index (χ1) is 11.3. The lowest BCUT2D eigenvalue weighted by Crippen LogP contribution is -2.21. The number of nitrogens with zero attached hydrogens (tertiary/aromatic N) is 3. The molecule has 0 saturated carbocycles. The van der Waals surface area contributed by atoms with Gasteiger partial charge in [0.1, 0.15) is 11.3 Å². The Kier molecular flexibility index (Phi) is 4.22. The lowest BCUT2D eigenvalue weighted by molar-refractivity contribution is 0.342. The van der Waals surface area contributed by atoms with Crippen LogP contribution in [0.2, 0.25) is 0 Å². The van der Waals surface area contributed by atoms with Crippen molar-refractivity contribution in [3.8, 4) is 0 Å². The van der Waals surface area contributed by atoms with E-state index in [-0.39, 0.29) is 5.41 Å². The number of nitrogens with one attached hydrogen (secondary N) is 1. The maximum Gasteiger partial charge on any atom is 0.152 e. The third-order valence-electron chi connectivity index (χ3n) is 4.10. The largest absolute Gasteiger partial charge is 0.382 e. The summed E-state index contributed by atoms with van der Waals surface area (Å²) < 4.78 is 2.31. The minimum Gasteiger partial charge on any atom is -0.382 e. The lowest BCUT2D eigenvalue weighted by atomic mass is 9.96. The molecule has 0 aliphatic heterocycles. The Balaban J connectivity index is 2.34. The zero-order valence-electron chi connectivity index (χ0n) is 15.3. The summed E-state index contributed by atoms with van der Waals surface area (Å²) >= 11 is 0. The van der Waals surface area contributed by atoms with Crippen molar-refractivity contribution in [2.45, 2.75) is 47.7 Å². The van der Waals surface area contributed by atoms with Crippen LogP contribution < -0.4 is 11.1 Å². The average molecular weight is 325 g/mol. The molecule has 128 valence electrons. The SMILES string of the molecule is CCNCc1nc2c(N)nc3cc(C)ccc3c2n1CC(C)(C)C. The Morgan fingerprint density at radius 3 is 2.62 bits per heavy atom. The van der Waals surface area contributed by atoms with Gasteiger partial charge in [0.15, 0.2) is 5.82 Å². The van der Waals surface area contributed by atoms with Gasteiger partial charge >= 0.3 is 0 Å². The normalized spacial score (nSPS) is 12.4. The van der Waals surface area contributed by atoms with Crippen molar-refractivity contribution < 1.29 is 0 Å². The Morgan fingerprint density at radius 2 is 1.96 bits per heavy atom. The van der Waals surface area contributed by atoms with Crippen LogP contribution in [0.4, 0.5) is 5.82 Å². The highest BCUT2D eigenvalue weighted by atomic mass is 15.1. The molecule has 24 heavy (non-hydrogen) atoms. The van der Waals surface area contributed by atoms with E-state index >= 15 is 0 Å². The Hall–Kier alpha value is -2.14. The Bertz CT molecular complexity index is 886. The van der Waals surface area contributed by atoms with Crippen LogP contribution in [0.25, 0.3) is 21.9 Å². The molecular weight excluding hydrogens is 298 g/mol. The molecule has 3 N–H and O–H groups in total. The maximum absolute atomic E-state index is 6.24. The van der Waals surface area contributed by atoms with E-state index in [1.165, 1.54) is 5.56 Å². The molecule has 0 amide bonds. The standard InChI is InChI=1S/C19H27N5/c1-6-21-10-15-23-16-17(24(15)11-19(3,4)5)13-8-7-12(2)9-14(13)22-18(16)20/h7-9,21H,6,10-11H2,1-5H3,(H2,20,22). The first kappa shape index (κ1) is 16.7. The lowest BCUT2D eigenvalue weighted by Gasteiger charge is -2.22. The molecule has 0 fully saturated rings. The third kappa shape index (κ3) is 3.08. The van der Waals surface area contributed by atoms with Gasteiger partial charge in [-0.1, -0.05) is 39.8 Å². The van der Waals surface area contributed by atoms with Crippen LogP contribution >= 0.6 is 0 Å². The van der Waals surface area contributed by atoms with Crippen molar-refractivity contribution in [3.05, 3.63) is 29.6 Å². The number of nitrogen functional groups attached to an aromatic ring is 1. The smallest absolute Gasteiger partial charge is 0.152 e. The molecule has 0 aliphatic carbocycles. The van der Waals surface area contributed by atoms with E-state index in [1.807, 2.05) is 0 Å². The summed E-state index contributed by atoms with van der Waals surface area (Å²) in [5.41, 5.74) is 10.4. The monoisotopic (exact) mass is 325 g/mol. The van der Waals surface area contributed by atoms with Crippen molar-refractivity contribution >= 4 is 27.8 Å². The molecule has 2 aromatic heterocycles. The van der Waals surface area contributed by atoms with Crippen molar-refractivity contribution in [2.24, 2.45) is 5.41 Å². The van der Waals surface area contributed by atoms with Gasteiger partial charge in [0.2, 0.25) is 0 Å². The van der Waals surface area contributed by atoms with Crippen molar-refractivity contribution in [3.63, 3.8) is 0 Å². The zero-order valence-corrected chi connectivity index (χ0v) is 15.3. The van der Waals surface area contributed by atoms with Crippen molar-refractivity contribution in [1.29, 1.82) is 0 Å². The number of hydrogen-bond donors (Lipinski definition) is 2. The minimum absolute atomic E-state index is 0.143. The van der Waals surface area contributed by atoms with E-state index in [0.29, 0.717) is 5.82 Å². The van der Waals surface area contributed by atoms with Gasteiger partial charge in [0, 0.05) is 11.9 Å². The van der Waals surface area contributed by atoms with Gasteiger partial charge in [-0.3, -0.25) is 0 Å². The summed E-state index contributed by atoms with van der Waals surface area (Å²) in [7, 11) is 0. The van der Waals surface area contributed by atoms with E-state index in [1.54, 1.807) is 0 Å². The van der Waals surface area contributed by atoms with E-state index in [2.05, 4.69) is 67.7 Å². The van der Waals surface area contributed by atoms with Crippen LogP contribution in [0.1, 0.15) is 39.1 Å². The second kappa shape index (κ2) is 6.06. The van der Waals surface area contributed by atoms with Gasteiger partial charge in [-0.05, 0) is 30.5 Å². The highest BCUT2D eigenvalue weighted by Crippen LogP contribution is 2.31. The number of benzene rings is 1. The summed E-state index contributed by atoms with van der Waals surface area (Å²) in [5.74, 6) is 1.52. The number of anilines is 1. The fourth-order valence-corrected chi connectivity index (χ4v) is 3.08. The van der Waals surface area contributed by atoms with Crippen LogP contribution in [0.15, 0.2) is 18.2 Å². The Labute approximate surface area is 143 Å². The molecule has 5 nitrogen and oxygen atoms in total. The number of fused-ring (bicyclic) bond motifs is 3. The van der Waals surface area contributed by atoms with E-state index in [9.17, 15) is 0 Å². The second-order valence-electron chi connectivity index (χ2n) is 7.67. The molecule has 2 heterocycles. The summed E-state index contributed by atoms with van der Waals surface area (Å²) in [6.07, 6.45) is 0. The molecule has 0 saturated heterocycles.